The lowest BCUT2D eigenvalue weighted by Crippen LogP contribution is -2.33. The Labute approximate surface area is 128 Å². The van der Waals surface area contributed by atoms with Gasteiger partial charge in [0.25, 0.3) is 15.0 Å². The summed E-state index contributed by atoms with van der Waals surface area (Å²) in [5, 5.41) is 0.183. The first-order valence-electron chi connectivity index (χ1n) is 6.39. The maximum Gasteiger partial charge on any atom is 0.261 e. The molecule has 0 spiro atoms. The van der Waals surface area contributed by atoms with Crippen molar-refractivity contribution in [2.24, 2.45) is 0 Å². The van der Waals surface area contributed by atoms with Crippen LogP contribution in [-0.2, 0) is 9.05 Å². The summed E-state index contributed by atoms with van der Waals surface area (Å²) in [7, 11) is 1.40. The molecule has 1 aromatic carbocycles. The van der Waals surface area contributed by atoms with Crippen LogP contribution in [0.4, 0.5) is 0 Å². The predicted octanol–water partition coefficient (Wildman–Crippen LogP) is 3.28. The summed E-state index contributed by atoms with van der Waals surface area (Å²) in [5.41, 5.74) is 0.261. The molecule has 0 heterocycles. The van der Waals surface area contributed by atoms with E-state index in [-0.39, 0.29) is 27.4 Å². The van der Waals surface area contributed by atoms with Gasteiger partial charge in [0.05, 0.1) is 4.90 Å². The van der Waals surface area contributed by atoms with E-state index in [1.807, 2.05) is 6.92 Å². The number of carbonyl (C=O) groups excluding carboxylic acids is 1. The van der Waals surface area contributed by atoms with Crippen molar-refractivity contribution >= 4 is 37.2 Å². The molecule has 0 atom stereocenters. The molecule has 20 heavy (non-hydrogen) atoms. The summed E-state index contributed by atoms with van der Waals surface area (Å²) in [5.74, 6) is -0.196. The molecule has 110 valence electrons. The summed E-state index contributed by atoms with van der Waals surface area (Å²) in [4.78, 5) is 14.1. The van der Waals surface area contributed by atoms with Gasteiger partial charge in [0.15, 0.2) is 0 Å². The van der Waals surface area contributed by atoms with E-state index in [0.29, 0.717) is 6.54 Å². The van der Waals surface area contributed by atoms with E-state index in [9.17, 15) is 13.2 Å². The van der Waals surface area contributed by atoms with Gasteiger partial charge in [-0.25, -0.2) is 8.42 Å². The average molecular weight is 336 g/mol. The van der Waals surface area contributed by atoms with Crippen LogP contribution in [0.5, 0.6) is 0 Å². The molecule has 0 unspecified atom stereocenters. The van der Waals surface area contributed by atoms with E-state index in [2.05, 4.69) is 0 Å². The number of benzene rings is 1. The van der Waals surface area contributed by atoms with Crippen LogP contribution >= 0.6 is 22.3 Å². The minimum atomic E-state index is -3.91. The molecule has 0 radical (unpaired) electrons. The Hall–Kier alpha value is -0.780. The van der Waals surface area contributed by atoms with Gasteiger partial charge < -0.3 is 4.90 Å². The first-order chi connectivity index (χ1) is 9.32. The van der Waals surface area contributed by atoms with Crippen molar-refractivity contribution in [3.63, 3.8) is 0 Å². The molecule has 1 fully saturated rings. The first kappa shape index (κ1) is 15.6. The second kappa shape index (κ2) is 5.92. The van der Waals surface area contributed by atoms with Gasteiger partial charge in [0, 0.05) is 33.9 Å². The highest BCUT2D eigenvalue weighted by molar-refractivity contribution is 8.13. The van der Waals surface area contributed by atoms with Gasteiger partial charge in [0.2, 0.25) is 0 Å². The van der Waals surface area contributed by atoms with Gasteiger partial charge in [-0.1, -0.05) is 18.5 Å². The van der Waals surface area contributed by atoms with E-state index in [1.54, 1.807) is 4.90 Å². The van der Waals surface area contributed by atoms with Gasteiger partial charge in [-0.3, -0.25) is 4.79 Å². The van der Waals surface area contributed by atoms with Gasteiger partial charge in [-0.05, 0) is 37.5 Å². The third kappa shape index (κ3) is 3.65. The zero-order valence-electron chi connectivity index (χ0n) is 11.0. The molecule has 1 saturated carbocycles. The van der Waals surface area contributed by atoms with Crippen molar-refractivity contribution in [1.82, 2.24) is 4.90 Å². The first-order valence-corrected chi connectivity index (χ1v) is 9.08. The molecule has 0 N–H and O–H groups in total. The monoisotopic (exact) mass is 335 g/mol. The molecule has 0 bridgehead atoms. The third-order valence-corrected chi connectivity index (χ3v) is 4.66. The zero-order chi connectivity index (χ0) is 14.9. The Morgan fingerprint density at radius 2 is 2.00 bits per heavy atom. The quantitative estimate of drug-likeness (QED) is 0.776. The average Bonchev–Trinajstić information content (AvgIpc) is 3.17. The fourth-order valence-corrected chi connectivity index (χ4v) is 3.17. The van der Waals surface area contributed by atoms with E-state index in [1.165, 1.54) is 18.2 Å². The summed E-state index contributed by atoms with van der Waals surface area (Å²) < 4.78 is 22.8. The smallest absolute Gasteiger partial charge is 0.261 e. The normalized spacial score (nSPS) is 15.2. The van der Waals surface area contributed by atoms with Crippen molar-refractivity contribution in [3.05, 3.63) is 28.8 Å². The molecule has 1 amide bonds. The highest BCUT2D eigenvalue weighted by Gasteiger charge is 2.32. The fraction of sp³-hybridized carbons (Fsp3) is 0.462. The topological polar surface area (TPSA) is 54.5 Å². The van der Waals surface area contributed by atoms with Crippen LogP contribution in [0.15, 0.2) is 23.1 Å². The standard InChI is InChI=1S/C13H15Cl2NO3S/c1-2-5-16(11-3-4-11)13(17)9-6-10(14)8-12(7-9)20(15,18)19/h6-8,11H,2-5H2,1H3. The fourth-order valence-electron chi connectivity index (χ4n) is 2.07. The Morgan fingerprint density at radius 3 is 2.50 bits per heavy atom. The summed E-state index contributed by atoms with van der Waals surface area (Å²) >= 11 is 5.88. The van der Waals surface area contributed by atoms with E-state index >= 15 is 0 Å². The number of hydrogen-bond donors (Lipinski definition) is 0. The molecular formula is C13H15Cl2NO3S. The third-order valence-electron chi connectivity index (χ3n) is 3.11. The highest BCUT2D eigenvalue weighted by Crippen LogP contribution is 2.30. The van der Waals surface area contributed by atoms with Gasteiger partial charge in [0.1, 0.15) is 0 Å². The molecule has 0 aromatic heterocycles. The molecule has 1 aliphatic carbocycles. The lowest BCUT2D eigenvalue weighted by molar-refractivity contribution is 0.0743. The molecule has 2 rings (SSSR count). The second-order valence-corrected chi connectivity index (χ2v) is 7.85. The van der Waals surface area contributed by atoms with Crippen LogP contribution < -0.4 is 0 Å². The molecule has 7 heteroatoms. The molecule has 4 nitrogen and oxygen atoms in total. The zero-order valence-corrected chi connectivity index (χ0v) is 13.3. The highest BCUT2D eigenvalue weighted by atomic mass is 35.7. The number of halogens is 2. The Bertz CT molecular complexity index is 627. The summed E-state index contributed by atoms with van der Waals surface area (Å²) in [6.45, 7) is 2.65. The van der Waals surface area contributed by atoms with Gasteiger partial charge >= 0.3 is 0 Å². The van der Waals surface area contributed by atoms with Crippen molar-refractivity contribution in [2.45, 2.75) is 37.1 Å². The van der Waals surface area contributed by atoms with Crippen LogP contribution in [0.1, 0.15) is 36.5 Å². The van der Waals surface area contributed by atoms with Gasteiger partial charge in [-0.15, -0.1) is 0 Å². The van der Waals surface area contributed by atoms with Crippen molar-refractivity contribution in [2.75, 3.05) is 6.54 Å². The van der Waals surface area contributed by atoms with Crippen LogP contribution in [-0.4, -0.2) is 31.8 Å². The van der Waals surface area contributed by atoms with Crippen LogP contribution in [0.25, 0.3) is 0 Å². The van der Waals surface area contributed by atoms with Crippen LogP contribution in [0, 0.1) is 0 Å². The lowest BCUT2D eigenvalue weighted by Gasteiger charge is -2.22. The number of nitrogens with zero attached hydrogens (tertiary/aromatic N) is 1. The Kier molecular flexibility index (Phi) is 4.62. The van der Waals surface area contributed by atoms with E-state index in [0.717, 1.165) is 19.3 Å². The second-order valence-electron chi connectivity index (χ2n) is 4.84. The van der Waals surface area contributed by atoms with E-state index < -0.39 is 9.05 Å². The molecule has 1 aromatic rings. The summed E-state index contributed by atoms with van der Waals surface area (Å²) in [6, 6.07) is 4.25. The number of hydrogen-bond acceptors (Lipinski definition) is 3. The molecule has 0 aliphatic heterocycles. The minimum Gasteiger partial charge on any atom is -0.336 e. The maximum absolute atomic E-state index is 12.5. The largest absolute Gasteiger partial charge is 0.336 e. The number of carbonyl (C=O) groups is 1. The van der Waals surface area contributed by atoms with Crippen molar-refractivity contribution in [3.8, 4) is 0 Å². The number of amides is 1. The number of rotatable bonds is 5. The maximum atomic E-state index is 12.5. The van der Waals surface area contributed by atoms with Crippen LogP contribution in [0.3, 0.4) is 0 Å². The van der Waals surface area contributed by atoms with Crippen molar-refractivity contribution < 1.29 is 13.2 Å². The molecule has 0 saturated heterocycles. The molecular weight excluding hydrogens is 321 g/mol. The van der Waals surface area contributed by atoms with Gasteiger partial charge in [-0.2, -0.15) is 0 Å². The minimum absolute atomic E-state index is 0.151. The van der Waals surface area contributed by atoms with E-state index in [4.69, 9.17) is 22.3 Å². The Morgan fingerprint density at radius 1 is 1.35 bits per heavy atom. The predicted molar refractivity (Wildman–Crippen MR) is 78.8 cm³/mol. The van der Waals surface area contributed by atoms with Crippen LogP contribution in [0.2, 0.25) is 5.02 Å². The lowest BCUT2D eigenvalue weighted by atomic mass is 10.2. The molecule has 1 aliphatic rings. The summed E-state index contributed by atoms with van der Waals surface area (Å²) in [6.07, 6.45) is 2.84. The SMILES string of the molecule is CCCN(C(=O)c1cc(Cl)cc(S(=O)(=O)Cl)c1)C1CC1. The Balaban J connectivity index is 2.36. The van der Waals surface area contributed by atoms with Crippen molar-refractivity contribution in [1.29, 1.82) is 0 Å².